The molecule has 5 heteroatoms. The minimum absolute atomic E-state index is 0.661. The first-order chi connectivity index (χ1) is 8.81. The Balaban J connectivity index is 2.63. The first kappa shape index (κ1) is 14.6. The van der Waals surface area contributed by atoms with E-state index in [2.05, 4.69) is 33.9 Å². The lowest BCUT2D eigenvalue weighted by atomic mass is 10.3. The molecule has 100 valence electrons. The van der Waals surface area contributed by atoms with Gasteiger partial charge in [0.15, 0.2) is 5.82 Å². The molecule has 1 heterocycles. The summed E-state index contributed by atoms with van der Waals surface area (Å²) in [5, 5.41) is 11.7. The molecular weight excluding hydrogens is 228 g/mol. The number of aromatic nitrogens is 2. The zero-order valence-corrected chi connectivity index (χ0v) is 11.2. The predicted molar refractivity (Wildman–Crippen MR) is 73.7 cm³/mol. The second-order valence-corrected chi connectivity index (χ2v) is 3.89. The van der Waals surface area contributed by atoms with Gasteiger partial charge in [-0.3, -0.25) is 0 Å². The molecule has 5 nitrogen and oxygen atoms in total. The Morgan fingerprint density at radius 1 is 1.44 bits per heavy atom. The molecule has 0 saturated heterocycles. The highest BCUT2D eigenvalue weighted by Crippen LogP contribution is 2.09. The second kappa shape index (κ2) is 8.60. The Labute approximate surface area is 109 Å². The predicted octanol–water partition coefficient (Wildman–Crippen LogP) is 1.22. The van der Waals surface area contributed by atoms with Crippen molar-refractivity contribution in [2.24, 2.45) is 0 Å². The summed E-state index contributed by atoms with van der Waals surface area (Å²) in [6, 6.07) is 3.98. The van der Waals surface area contributed by atoms with E-state index in [0.29, 0.717) is 6.61 Å². The number of methoxy groups -OCH3 is 1. The van der Waals surface area contributed by atoms with Gasteiger partial charge in [-0.25, -0.2) is 0 Å². The van der Waals surface area contributed by atoms with Gasteiger partial charge in [-0.15, -0.1) is 11.7 Å². The summed E-state index contributed by atoms with van der Waals surface area (Å²) in [4.78, 5) is 2.08. The zero-order chi connectivity index (χ0) is 13.2. The molecule has 0 saturated carbocycles. The molecule has 0 aliphatic rings. The first-order valence-electron chi connectivity index (χ1n) is 6.20. The van der Waals surface area contributed by atoms with Crippen LogP contribution in [0.1, 0.15) is 12.6 Å². The van der Waals surface area contributed by atoms with Gasteiger partial charge in [0.05, 0.1) is 12.3 Å². The van der Waals surface area contributed by atoms with Gasteiger partial charge in [0.1, 0.15) is 0 Å². The third-order valence-corrected chi connectivity index (χ3v) is 2.50. The van der Waals surface area contributed by atoms with E-state index >= 15 is 0 Å². The molecule has 1 aromatic heterocycles. The van der Waals surface area contributed by atoms with Gasteiger partial charge >= 0.3 is 0 Å². The van der Waals surface area contributed by atoms with Gasteiger partial charge < -0.3 is 15.0 Å². The molecule has 1 N–H and O–H groups in total. The normalized spacial score (nSPS) is 10.3. The average Bonchev–Trinajstić information content (AvgIpc) is 2.42. The minimum atomic E-state index is 0.661. The van der Waals surface area contributed by atoms with E-state index in [9.17, 15) is 0 Å². The van der Waals surface area contributed by atoms with Crippen LogP contribution in [0, 0.1) is 0 Å². The number of nitrogens with zero attached hydrogens (tertiary/aromatic N) is 3. The fourth-order valence-electron chi connectivity index (χ4n) is 1.53. The molecule has 18 heavy (non-hydrogen) atoms. The van der Waals surface area contributed by atoms with Crippen molar-refractivity contribution in [2.75, 3.05) is 38.3 Å². The summed E-state index contributed by atoms with van der Waals surface area (Å²) in [7, 11) is 1.69. The van der Waals surface area contributed by atoms with Crippen molar-refractivity contribution in [1.29, 1.82) is 0 Å². The second-order valence-electron chi connectivity index (χ2n) is 3.89. The van der Waals surface area contributed by atoms with E-state index < -0.39 is 0 Å². The monoisotopic (exact) mass is 250 g/mol. The molecule has 0 spiro atoms. The topological polar surface area (TPSA) is 50.3 Å². The van der Waals surface area contributed by atoms with Gasteiger partial charge in [-0.2, -0.15) is 5.10 Å². The summed E-state index contributed by atoms with van der Waals surface area (Å²) in [5.74, 6) is 0.854. The highest BCUT2D eigenvalue weighted by molar-refractivity contribution is 5.38. The van der Waals surface area contributed by atoms with Crippen molar-refractivity contribution in [2.45, 2.75) is 13.5 Å². The van der Waals surface area contributed by atoms with E-state index in [-0.39, 0.29) is 0 Å². The first-order valence-corrected chi connectivity index (χ1v) is 6.20. The molecule has 0 amide bonds. The highest BCUT2D eigenvalue weighted by Gasteiger charge is 2.06. The third-order valence-electron chi connectivity index (χ3n) is 2.50. The van der Waals surface area contributed by atoms with Crippen molar-refractivity contribution in [1.82, 2.24) is 15.5 Å². The van der Waals surface area contributed by atoms with Crippen LogP contribution in [0.4, 0.5) is 5.82 Å². The van der Waals surface area contributed by atoms with Crippen LogP contribution in [0.5, 0.6) is 0 Å². The lowest BCUT2D eigenvalue weighted by molar-refractivity contribution is 0.205. The quantitative estimate of drug-likeness (QED) is 0.668. The molecule has 0 unspecified atom stereocenters. The SMILES string of the molecule is C=CCN(CCOC)c1ccc(CNCC)nn1. The number of rotatable bonds is 9. The Kier molecular flexibility index (Phi) is 6.98. The molecular formula is C13H22N4O. The molecule has 0 fully saturated rings. The maximum Gasteiger partial charge on any atom is 0.151 e. The maximum atomic E-state index is 5.08. The Bertz CT molecular complexity index is 339. The number of ether oxygens (including phenoxy) is 1. The van der Waals surface area contributed by atoms with E-state index in [1.54, 1.807) is 7.11 Å². The van der Waals surface area contributed by atoms with Gasteiger partial charge in [0.2, 0.25) is 0 Å². The molecule has 0 aromatic carbocycles. The standard InChI is InChI=1S/C13H22N4O/c1-4-8-17(9-10-18-3)13-7-6-12(15-16-13)11-14-5-2/h4,6-7,14H,1,5,8-11H2,2-3H3. The third kappa shape index (κ3) is 4.81. The van der Waals surface area contributed by atoms with Crippen LogP contribution < -0.4 is 10.2 Å². The van der Waals surface area contributed by atoms with Crippen molar-refractivity contribution < 1.29 is 4.74 Å². The Hall–Kier alpha value is -1.46. The summed E-state index contributed by atoms with van der Waals surface area (Å²) in [6.45, 7) is 9.69. The van der Waals surface area contributed by atoms with Crippen LogP contribution >= 0.6 is 0 Å². The number of hydrogen-bond donors (Lipinski definition) is 1. The highest BCUT2D eigenvalue weighted by atomic mass is 16.5. The lowest BCUT2D eigenvalue weighted by Crippen LogP contribution is -2.28. The van der Waals surface area contributed by atoms with Crippen LogP contribution in [0.3, 0.4) is 0 Å². The van der Waals surface area contributed by atoms with Crippen LogP contribution in [0.2, 0.25) is 0 Å². The Morgan fingerprint density at radius 2 is 2.28 bits per heavy atom. The number of nitrogens with one attached hydrogen (secondary N) is 1. The molecule has 0 aliphatic heterocycles. The minimum Gasteiger partial charge on any atom is -0.383 e. The van der Waals surface area contributed by atoms with Crippen molar-refractivity contribution in [3.8, 4) is 0 Å². The van der Waals surface area contributed by atoms with E-state index in [4.69, 9.17) is 4.74 Å². The smallest absolute Gasteiger partial charge is 0.151 e. The number of hydrogen-bond acceptors (Lipinski definition) is 5. The van der Waals surface area contributed by atoms with Crippen molar-refractivity contribution in [3.05, 3.63) is 30.5 Å². The average molecular weight is 250 g/mol. The van der Waals surface area contributed by atoms with Crippen LogP contribution in [-0.2, 0) is 11.3 Å². The van der Waals surface area contributed by atoms with Crippen LogP contribution in [0.25, 0.3) is 0 Å². The fraction of sp³-hybridized carbons (Fsp3) is 0.538. The van der Waals surface area contributed by atoms with E-state index in [0.717, 1.165) is 37.7 Å². The molecule has 0 aliphatic carbocycles. The molecule has 1 aromatic rings. The zero-order valence-electron chi connectivity index (χ0n) is 11.2. The maximum absolute atomic E-state index is 5.08. The lowest BCUT2D eigenvalue weighted by Gasteiger charge is -2.21. The summed E-state index contributed by atoms with van der Waals surface area (Å²) in [5.41, 5.74) is 0.950. The van der Waals surface area contributed by atoms with E-state index in [1.807, 2.05) is 18.2 Å². The summed E-state index contributed by atoms with van der Waals surface area (Å²) in [6.07, 6.45) is 1.85. The van der Waals surface area contributed by atoms with Crippen molar-refractivity contribution >= 4 is 5.82 Å². The van der Waals surface area contributed by atoms with Gasteiger partial charge in [-0.05, 0) is 18.7 Å². The van der Waals surface area contributed by atoms with Crippen LogP contribution in [0.15, 0.2) is 24.8 Å². The largest absolute Gasteiger partial charge is 0.383 e. The fourth-order valence-corrected chi connectivity index (χ4v) is 1.53. The summed E-state index contributed by atoms with van der Waals surface area (Å²) < 4.78 is 5.08. The molecule has 1 rings (SSSR count). The Morgan fingerprint density at radius 3 is 2.83 bits per heavy atom. The van der Waals surface area contributed by atoms with Gasteiger partial charge in [0, 0.05) is 26.7 Å². The molecule has 0 atom stereocenters. The van der Waals surface area contributed by atoms with Crippen LogP contribution in [-0.4, -0.2) is 43.5 Å². The van der Waals surface area contributed by atoms with Gasteiger partial charge in [0.25, 0.3) is 0 Å². The van der Waals surface area contributed by atoms with E-state index in [1.165, 1.54) is 0 Å². The van der Waals surface area contributed by atoms with Crippen molar-refractivity contribution in [3.63, 3.8) is 0 Å². The molecule has 0 bridgehead atoms. The molecule has 0 radical (unpaired) electrons. The summed E-state index contributed by atoms with van der Waals surface area (Å²) >= 11 is 0. The van der Waals surface area contributed by atoms with Gasteiger partial charge in [-0.1, -0.05) is 13.0 Å². The number of anilines is 1.